The first kappa shape index (κ1) is 14.8. The highest BCUT2D eigenvalue weighted by molar-refractivity contribution is 5.43. The molecule has 0 bridgehead atoms. The maximum Gasteiger partial charge on any atom is 0.161 e. The van der Waals surface area contributed by atoms with Crippen molar-refractivity contribution in [2.75, 3.05) is 27.4 Å². The molecule has 0 aliphatic heterocycles. The molecule has 102 valence electrons. The highest BCUT2D eigenvalue weighted by atomic mass is 16.5. The lowest BCUT2D eigenvalue weighted by Crippen LogP contribution is -2.21. The van der Waals surface area contributed by atoms with E-state index in [9.17, 15) is 0 Å². The summed E-state index contributed by atoms with van der Waals surface area (Å²) < 4.78 is 15.9. The van der Waals surface area contributed by atoms with Crippen molar-refractivity contribution in [3.8, 4) is 11.5 Å². The molecule has 1 atom stereocenters. The van der Waals surface area contributed by atoms with E-state index in [0.717, 1.165) is 29.9 Å². The van der Waals surface area contributed by atoms with E-state index in [-0.39, 0.29) is 6.04 Å². The van der Waals surface area contributed by atoms with Gasteiger partial charge in [-0.25, -0.2) is 0 Å². The van der Waals surface area contributed by atoms with Crippen LogP contribution in [0.15, 0.2) is 18.2 Å². The Morgan fingerprint density at radius 3 is 2.56 bits per heavy atom. The molecule has 0 aliphatic rings. The molecular weight excluding hydrogens is 230 g/mol. The first-order valence-electron chi connectivity index (χ1n) is 6.25. The van der Waals surface area contributed by atoms with E-state index >= 15 is 0 Å². The van der Waals surface area contributed by atoms with Crippen LogP contribution < -0.4 is 15.2 Å². The van der Waals surface area contributed by atoms with Crippen molar-refractivity contribution in [3.63, 3.8) is 0 Å². The molecule has 1 rings (SSSR count). The minimum atomic E-state index is 0.185. The summed E-state index contributed by atoms with van der Waals surface area (Å²) in [6.45, 7) is 3.15. The number of hydrogen-bond acceptors (Lipinski definition) is 4. The van der Waals surface area contributed by atoms with Gasteiger partial charge in [-0.05, 0) is 30.5 Å². The van der Waals surface area contributed by atoms with Gasteiger partial charge in [0.05, 0.1) is 13.7 Å². The van der Waals surface area contributed by atoms with Crippen LogP contribution in [0.3, 0.4) is 0 Å². The minimum Gasteiger partial charge on any atom is -0.493 e. The van der Waals surface area contributed by atoms with Crippen LogP contribution in [0.1, 0.15) is 18.9 Å². The Balaban J connectivity index is 2.74. The summed E-state index contributed by atoms with van der Waals surface area (Å²) in [6, 6.07) is 6.12. The minimum absolute atomic E-state index is 0.185. The molecule has 1 aromatic carbocycles. The van der Waals surface area contributed by atoms with Crippen LogP contribution in [0.5, 0.6) is 11.5 Å². The first-order chi connectivity index (χ1) is 8.71. The van der Waals surface area contributed by atoms with Crippen molar-refractivity contribution in [2.45, 2.75) is 25.8 Å². The molecule has 0 spiro atoms. The molecule has 1 aromatic rings. The Bertz CT molecular complexity index is 355. The molecule has 0 aromatic heterocycles. The van der Waals surface area contributed by atoms with Gasteiger partial charge < -0.3 is 19.9 Å². The molecule has 0 aliphatic carbocycles. The Morgan fingerprint density at radius 2 is 1.94 bits per heavy atom. The second-order valence-corrected chi connectivity index (χ2v) is 4.20. The third kappa shape index (κ3) is 4.55. The van der Waals surface area contributed by atoms with Gasteiger partial charge in [-0.2, -0.15) is 0 Å². The van der Waals surface area contributed by atoms with Crippen LogP contribution in [0.25, 0.3) is 0 Å². The average Bonchev–Trinajstić information content (AvgIpc) is 2.39. The molecule has 2 N–H and O–H groups in total. The van der Waals surface area contributed by atoms with Crippen molar-refractivity contribution in [3.05, 3.63) is 23.8 Å². The van der Waals surface area contributed by atoms with Gasteiger partial charge in [0.15, 0.2) is 11.5 Å². The molecule has 0 radical (unpaired) electrons. The topological polar surface area (TPSA) is 53.7 Å². The average molecular weight is 253 g/mol. The summed E-state index contributed by atoms with van der Waals surface area (Å²) in [5.41, 5.74) is 7.12. The number of rotatable bonds is 8. The predicted molar refractivity (Wildman–Crippen MR) is 72.3 cm³/mol. The van der Waals surface area contributed by atoms with Gasteiger partial charge in [0.25, 0.3) is 0 Å². The van der Waals surface area contributed by atoms with E-state index in [2.05, 4.69) is 6.92 Å². The molecule has 0 amide bonds. The summed E-state index contributed by atoms with van der Waals surface area (Å²) in [7, 11) is 3.28. The van der Waals surface area contributed by atoms with Gasteiger partial charge in [0.1, 0.15) is 6.61 Å². The van der Waals surface area contributed by atoms with Crippen LogP contribution >= 0.6 is 0 Å². The van der Waals surface area contributed by atoms with Crippen LogP contribution in [-0.4, -0.2) is 33.5 Å². The Kier molecular flexibility index (Phi) is 6.54. The van der Waals surface area contributed by atoms with Gasteiger partial charge in [0.2, 0.25) is 0 Å². The quantitative estimate of drug-likeness (QED) is 0.720. The monoisotopic (exact) mass is 253 g/mol. The zero-order chi connectivity index (χ0) is 13.4. The van der Waals surface area contributed by atoms with Crippen molar-refractivity contribution in [1.29, 1.82) is 0 Å². The third-order valence-electron chi connectivity index (χ3n) is 2.80. The highest BCUT2D eigenvalue weighted by Crippen LogP contribution is 2.28. The molecular formula is C14H23NO3. The van der Waals surface area contributed by atoms with Crippen LogP contribution in [0, 0.1) is 0 Å². The first-order valence-corrected chi connectivity index (χ1v) is 6.25. The Morgan fingerprint density at radius 1 is 1.17 bits per heavy atom. The normalized spacial score (nSPS) is 12.2. The van der Waals surface area contributed by atoms with Crippen LogP contribution in [0.4, 0.5) is 0 Å². The molecule has 18 heavy (non-hydrogen) atoms. The summed E-state index contributed by atoms with van der Waals surface area (Å²) in [5, 5.41) is 0. The summed E-state index contributed by atoms with van der Waals surface area (Å²) in [5.74, 6) is 1.48. The van der Waals surface area contributed by atoms with Crippen molar-refractivity contribution in [1.82, 2.24) is 0 Å². The fraction of sp³-hybridized carbons (Fsp3) is 0.571. The Labute approximate surface area is 109 Å². The van der Waals surface area contributed by atoms with E-state index < -0.39 is 0 Å². The van der Waals surface area contributed by atoms with Crippen molar-refractivity contribution >= 4 is 0 Å². The number of ether oxygens (including phenoxy) is 3. The third-order valence-corrected chi connectivity index (χ3v) is 2.80. The van der Waals surface area contributed by atoms with Crippen molar-refractivity contribution < 1.29 is 14.2 Å². The van der Waals surface area contributed by atoms with E-state index in [4.69, 9.17) is 19.9 Å². The molecule has 1 unspecified atom stereocenters. The summed E-state index contributed by atoms with van der Waals surface area (Å²) in [6.07, 6.45) is 1.81. The molecule has 0 saturated carbocycles. The molecule has 4 nitrogen and oxygen atoms in total. The van der Waals surface area contributed by atoms with Gasteiger partial charge in [-0.3, -0.25) is 0 Å². The number of benzene rings is 1. The second kappa shape index (κ2) is 7.95. The maximum atomic E-state index is 5.96. The fourth-order valence-electron chi connectivity index (χ4n) is 1.64. The summed E-state index contributed by atoms with van der Waals surface area (Å²) >= 11 is 0. The Hall–Kier alpha value is -1.26. The predicted octanol–water partition coefficient (Wildman–Crippen LogP) is 2.00. The molecule has 0 fully saturated rings. The molecule has 0 heterocycles. The standard InChI is InChI=1S/C14H23NO3/c1-4-12(15)9-11-5-6-13(17-3)14(10-11)18-8-7-16-2/h5-6,10,12H,4,7-9,15H2,1-3H3. The van der Waals surface area contributed by atoms with E-state index in [1.807, 2.05) is 18.2 Å². The lowest BCUT2D eigenvalue weighted by atomic mass is 10.0. The molecule has 4 heteroatoms. The smallest absolute Gasteiger partial charge is 0.161 e. The van der Waals surface area contributed by atoms with Gasteiger partial charge in [0, 0.05) is 13.2 Å². The zero-order valence-electron chi connectivity index (χ0n) is 11.4. The largest absolute Gasteiger partial charge is 0.493 e. The van der Waals surface area contributed by atoms with Crippen molar-refractivity contribution in [2.24, 2.45) is 5.73 Å². The molecule has 0 saturated heterocycles. The van der Waals surface area contributed by atoms with Gasteiger partial charge >= 0.3 is 0 Å². The van der Waals surface area contributed by atoms with E-state index in [1.54, 1.807) is 14.2 Å². The second-order valence-electron chi connectivity index (χ2n) is 4.20. The van der Waals surface area contributed by atoms with E-state index in [1.165, 1.54) is 0 Å². The highest BCUT2D eigenvalue weighted by Gasteiger charge is 2.08. The SMILES string of the molecule is CCC(N)Cc1ccc(OC)c(OCCOC)c1. The number of methoxy groups -OCH3 is 2. The fourth-order valence-corrected chi connectivity index (χ4v) is 1.64. The number of nitrogens with two attached hydrogens (primary N) is 1. The van der Waals surface area contributed by atoms with E-state index in [0.29, 0.717) is 13.2 Å². The number of hydrogen-bond donors (Lipinski definition) is 1. The lowest BCUT2D eigenvalue weighted by molar-refractivity contribution is 0.144. The van der Waals surface area contributed by atoms with Crippen LogP contribution in [0.2, 0.25) is 0 Å². The maximum absolute atomic E-state index is 5.96. The summed E-state index contributed by atoms with van der Waals surface area (Å²) in [4.78, 5) is 0. The van der Waals surface area contributed by atoms with Gasteiger partial charge in [-0.1, -0.05) is 13.0 Å². The van der Waals surface area contributed by atoms with Gasteiger partial charge in [-0.15, -0.1) is 0 Å². The lowest BCUT2D eigenvalue weighted by Gasteiger charge is -2.14. The van der Waals surface area contributed by atoms with Crippen LogP contribution in [-0.2, 0) is 11.2 Å². The zero-order valence-corrected chi connectivity index (χ0v) is 11.4.